The Hall–Kier alpha value is -3.11. The molecule has 1 fully saturated rings. The number of para-hydroxylation sites is 1. The van der Waals surface area contributed by atoms with Gasteiger partial charge in [0, 0.05) is 25.3 Å². The lowest BCUT2D eigenvalue weighted by molar-refractivity contribution is -0.120. The van der Waals surface area contributed by atoms with E-state index in [1.165, 1.54) is 17.8 Å². The number of ether oxygens (including phenoxy) is 3. The predicted octanol–water partition coefficient (Wildman–Crippen LogP) is 3.31. The van der Waals surface area contributed by atoms with Crippen molar-refractivity contribution in [3.63, 3.8) is 0 Å². The van der Waals surface area contributed by atoms with E-state index in [1.54, 1.807) is 28.8 Å². The van der Waals surface area contributed by atoms with Crippen LogP contribution in [0.2, 0.25) is 0 Å². The average molecular weight is 485 g/mol. The number of amides is 1. The van der Waals surface area contributed by atoms with Crippen molar-refractivity contribution in [2.75, 3.05) is 25.7 Å². The number of nitrogens with zero attached hydrogens (tertiary/aromatic N) is 3. The van der Waals surface area contributed by atoms with E-state index in [2.05, 4.69) is 15.5 Å². The third-order valence-electron chi connectivity index (χ3n) is 5.69. The maximum absolute atomic E-state index is 14.6. The minimum Gasteiger partial charge on any atom is -0.454 e. The monoisotopic (exact) mass is 484 g/mol. The van der Waals surface area contributed by atoms with Gasteiger partial charge in [0.1, 0.15) is 11.6 Å². The van der Waals surface area contributed by atoms with Gasteiger partial charge in [0.2, 0.25) is 12.7 Å². The van der Waals surface area contributed by atoms with Crippen LogP contribution in [-0.2, 0) is 22.4 Å². The maximum Gasteiger partial charge on any atom is 0.231 e. The van der Waals surface area contributed by atoms with Crippen molar-refractivity contribution in [1.29, 1.82) is 0 Å². The fourth-order valence-electron chi connectivity index (χ4n) is 3.99. The highest BCUT2D eigenvalue weighted by atomic mass is 32.2. The summed E-state index contributed by atoms with van der Waals surface area (Å²) in [6.07, 6.45) is 2.88. The molecular weight excluding hydrogens is 459 g/mol. The zero-order chi connectivity index (χ0) is 23.3. The van der Waals surface area contributed by atoms with Gasteiger partial charge in [-0.1, -0.05) is 30.0 Å². The number of fused-ring (bicyclic) bond motifs is 1. The van der Waals surface area contributed by atoms with Gasteiger partial charge in [-0.05, 0) is 42.7 Å². The topological polar surface area (TPSA) is 87.5 Å². The summed E-state index contributed by atoms with van der Waals surface area (Å²) in [5, 5.41) is 12.1. The van der Waals surface area contributed by atoms with E-state index >= 15 is 0 Å². The first-order chi connectivity index (χ1) is 16.7. The van der Waals surface area contributed by atoms with Crippen LogP contribution in [0.5, 0.6) is 11.5 Å². The smallest absolute Gasteiger partial charge is 0.231 e. The van der Waals surface area contributed by atoms with Crippen molar-refractivity contribution in [3.8, 4) is 17.2 Å². The largest absolute Gasteiger partial charge is 0.454 e. The van der Waals surface area contributed by atoms with E-state index in [-0.39, 0.29) is 31.0 Å². The quantitative estimate of drug-likeness (QED) is 0.466. The average Bonchev–Trinajstić information content (AvgIpc) is 3.59. The van der Waals surface area contributed by atoms with Crippen LogP contribution in [0.3, 0.4) is 0 Å². The summed E-state index contributed by atoms with van der Waals surface area (Å²) in [5.41, 5.74) is 1.23. The molecule has 34 heavy (non-hydrogen) atoms. The van der Waals surface area contributed by atoms with Gasteiger partial charge < -0.3 is 19.5 Å². The molecule has 0 saturated carbocycles. The van der Waals surface area contributed by atoms with E-state index < -0.39 is 0 Å². The Morgan fingerprint density at radius 2 is 2.06 bits per heavy atom. The second-order valence-corrected chi connectivity index (χ2v) is 9.08. The molecule has 178 valence electrons. The van der Waals surface area contributed by atoms with Crippen LogP contribution in [0.4, 0.5) is 4.39 Å². The lowest BCUT2D eigenvalue weighted by Crippen LogP contribution is -2.28. The zero-order valence-electron chi connectivity index (χ0n) is 18.5. The summed E-state index contributed by atoms with van der Waals surface area (Å²) in [6, 6.07) is 12.0. The summed E-state index contributed by atoms with van der Waals surface area (Å²) in [7, 11) is 0. The standard InChI is InChI=1S/C24H25FN4O4S/c25-18-5-1-2-6-19(18)29-22(27-28-24(29)34-14-17-4-3-11-31-17)9-10-26-23(30)13-16-7-8-20-21(12-16)33-15-32-20/h1-2,5-8,12,17H,3-4,9-11,13-15H2,(H,26,30)/t17-/m1/s1. The predicted molar refractivity (Wildman–Crippen MR) is 124 cm³/mol. The SMILES string of the molecule is O=C(Cc1ccc2c(c1)OCO2)NCCc1nnc(SC[C@H]2CCCO2)n1-c1ccccc1F. The second-order valence-electron chi connectivity index (χ2n) is 8.10. The van der Waals surface area contributed by atoms with Crippen LogP contribution in [0.15, 0.2) is 47.6 Å². The Balaban J connectivity index is 1.23. The molecule has 0 spiro atoms. The highest BCUT2D eigenvalue weighted by molar-refractivity contribution is 7.99. The van der Waals surface area contributed by atoms with Crippen LogP contribution >= 0.6 is 11.8 Å². The summed E-state index contributed by atoms with van der Waals surface area (Å²) >= 11 is 1.51. The highest BCUT2D eigenvalue weighted by Crippen LogP contribution is 2.32. The first-order valence-electron chi connectivity index (χ1n) is 11.3. The van der Waals surface area contributed by atoms with Crippen molar-refractivity contribution >= 4 is 17.7 Å². The molecule has 8 nitrogen and oxygen atoms in total. The molecule has 0 unspecified atom stereocenters. The van der Waals surface area contributed by atoms with Crippen LogP contribution in [-0.4, -0.2) is 52.5 Å². The van der Waals surface area contributed by atoms with Crippen molar-refractivity contribution in [3.05, 3.63) is 59.7 Å². The molecule has 1 saturated heterocycles. The lowest BCUT2D eigenvalue weighted by Gasteiger charge is -2.13. The van der Waals surface area contributed by atoms with Crippen molar-refractivity contribution in [1.82, 2.24) is 20.1 Å². The van der Waals surface area contributed by atoms with Crippen molar-refractivity contribution in [2.24, 2.45) is 0 Å². The molecule has 2 aliphatic rings. The number of nitrogens with one attached hydrogen (secondary N) is 1. The highest BCUT2D eigenvalue weighted by Gasteiger charge is 2.21. The van der Waals surface area contributed by atoms with Gasteiger partial charge in [-0.15, -0.1) is 10.2 Å². The molecule has 0 radical (unpaired) electrons. The van der Waals surface area contributed by atoms with Gasteiger partial charge in [-0.3, -0.25) is 9.36 Å². The van der Waals surface area contributed by atoms with Crippen molar-refractivity contribution < 1.29 is 23.4 Å². The minimum atomic E-state index is -0.352. The van der Waals surface area contributed by atoms with E-state index in [0.717, 1.165) is 30.8 Å². The molecule has 10 heteroatoms. The molecule has 2 aliphatic heterocycles. The first-order valence-corrected chi connectivity index (χ1v) is 12.2. The normalized spacial score (nSPS) is 16.7. The number of carbonyl (C=O) groups excluding carboxylic acids is 1. The Morgan fingerprint density at radius 1 is 1.18 bits per heavy atom. The van der Waals surface area contributed by atoms with Crippen LogP contribution in [0.1, 0.15) is 24.2 Å². The number of rotatable bonds is 9. The molecular formula is C24H25FN4O4S. The summed E-state index contributed by atoms with van der Waals surface area (Å²) in [4.78, 5) is 12.5. The summed E-state index contributed by atoms with van der Waals surface area (Å²) in [6.45, 7) is 1.33. The third kappa shape index (κ3) is 5.18. The number of thioether (sulfide) groups is 1. The number of carbonyl (C=O) groups is 1. The van der Waals surface area contributed by atoms with Crippen molar-refractivity contribution in [2.45, 2.75) is 36.9 Å². The molecule has 1 aromatic heterocycles. The fraction of sp³-hybridized carbons (Fsp3) is 0.375. The first kappa shape index (κ1) is 22.7. The molecule has 1 N–H and O–H groups in total. The maximum atomic E-state index is 14.6. The number of aromatic nitrogens is 3. The Kier molecular flexibility index (Phi) is 6.96. The fourth-order valence-corrected chi connectivity index (χ4v) is 5.02. The molecule has 0 aliphatic carbocycles. The lowest BCUT2D eigenvalue weighted by atomic mass is 10.1. The Morgan fingerprint density at radius 3 is 2.91 bits per heavy atom. The molecule has 2 aromatic carbocycles. The number of hydrogen-bond acceptors (Lipinski definition) is 7. The molecule has 1 atom stereocenters. The minimum absolute atomic E-state index is 0.121. The van der Waals surface area contributed by atoms with E-state index in [1.807, 2.05) is 12.1 Å². The number of benzene rings is 2. The van der Waals surface area contributed by atoms with E-state index in [9.17, 15) is 9.18 Å². The van der Waals surface area contributed by atoms with Gasteiger partial charge >= 0.3 is 0 Å². The van der Waals surface area contributed by atoms with E-state index in [0.29, 0.717) is 41.1 Å². The third-order valence-corrected chi connectivity index (χ3v) is 6.75. The van der Waals surface area contributed by atoms with Gasteiger partial charge in [0.15, 0.2) is 16.7 Å². The Labute approximate surface area is 200 Å². The number of hydrogen-bond donors (Lipinski definition) is 1. The molecule has 5 rings (SSSR count). The van der Waals surface area contributed by atoms with Gasteiger partial charge in [0.05, 0.1) is 18.2 Å². The zero-order valence-corrected chi connectivity index (χ0v) is 19.4. The number of halogens is 1. The molecule has 3 aromatic rings. The summed E-state index contributed by atoms with van der Waals surface area (Å²) in [5.74, 6) is 2.18. The van der Waals surface area contributed by atoms with Gasteiger partial charge in [-0.2, -0.15) is 0 Å². The molecule has 0 bridgehead atoms. The van der Waals surface area contributed by atoms with Crippen LogP contribution in [0, 0.1) is 5.82 Å². The summed E-state index contributed by atoms with van der Waals surface area (Å²) < 4.78 is 32.7. The molecule has 3 heterocycles. The van der Waals surface area contributed by atoms with Crippen LogP contribution in [0.25, 0.3) is 5.69 Å². The Bertz CT molecular complexity index is 1170. The van der Waals surface area contributed by atoms with Gasteiger partial charge in [-0.25, -0.2) is 4.39 Å². The second kappa shape index (κ2) is 10.4. The molecule has 1 amide bonds. The van der Waals surface area contributed by atoms with Crippen LogP contribution < -0.4 is 14.8 Å². The van der Waals surface area contributed by atoms with Gasteiger partial charge in [0.25, 0.3) is 0 Å². The van der Waals surface area contributed by atoms with E-state index in [4.69, 9.17) is 14.2 Å².